The molecule has 0 atom stereocenters. The number of carboxylic acid groups (broad SMARTS) is 1. The van der Waals surface area contributed by atoms with Gasteiger partial charge in [-0.2, -0.15) is 5.10 Å². The highest BCUT2D eigenvalue weighted by atomic mass is 32.2. The molecule has 0 aliphatic carbocycles. The Morgan fingerprint density at radius 3 is 3.00 bits per heavy atom. The van der Waals surface area contributed by atoms with Gasteiger partial charge in [0, 0.05) is 7.05 Å². The van der Waals surface area contributed by atoms with Crippen molar-refractivity contribution >= 4 is 23.4 Å². The van der Waals surface area contributed by atoms with Crippen LogP contribution in [-0.2, 0) is 18.4 Å². The van der Waals surface area contributed by atoms with Crippen LogP contribution in [0.3, 0.4) is 0 Å². The molecule has 0 radical (unpaired) electrons. The third kappa shape index (κ3) is 2.85. The smallest absolute Gasteiger partial charge is 0.325 e. The van der Waals surface area contributed by atoms with Crippen molar-refractivity contribution in [2.24, 2.45) is 7.05 Å². The zero-order chi connectivity index (χ0) is 14.0. The highest BCUT2D eigenvalue weighted by Gasteiger charge is 2.22. The number of aliphatic carboxylic acids is 1. The molecule has 19 heavy (non-hydrogen) atoms. The molecule has 0 spiro atoms. The Labute approximate surface area is 109 Å². The Morgan fingerprint density at radius 1 is 1.63 bits per heavy atom. The molecule has 1 N–H and O–H groups in total. The van der Waals surface area contributed by atoms with E-state index in [9.17, 15) is 14.9 Å². The topological polar surface area (TPSA) is 142 Å². The molecule has 0 saturated heterocycles. The van der Waals surface area contributed by atoms with Crippen LogP contribution < -0.4 is 0 Å². The molecule has 0 aliphatic rings. The van der Waals surface area contributed by atoms with Gasteiger partial charge < -0.3 is 5.11 Å². The van der Waals surface area contributed by atoms with Crippen LogP contribution in [0.2, 0.25) is 0 Å². The van der Waals surface area contributed by atoms with E-state index >= 15 is 0 Å². The van der Waals surface area contributed by atoms with Gasteiger partial charge in [-0.25, -0.2) is 4.68 Å². The quantitative estimate of drug-likeness (QED) is 0.570. The van der Waals surface area contributed by atoms with Gasteiger partial charge in [-0.3, -0.25) is 19.6 Å². The Balaban J connectivity index is 2.29. The molecule has 2 heterocycles. The van der Waals surface area contributed by atoms with Crippen molar-refractivity contribution in [3.05, 3.63) is 16.3 Å². The molecule has 0 aliphatic heterocycles. The van der Waals surface area contributed by atoms with Crippen molar-refractivity contribution in [1.29, 1.82) is 0 Å². The molecule has 0 aromatic carbocycles. The zero-order valence-corrected chi connectivity index (χ0v) is 10.3. The first-order valence-electron chi connectivity index (χ1n) is 4.81. The molecule has 0 fully saturated rings. The monoisotopic (exact) mass is 285 g/mol. The summed E-state index contributed by atoms with van der Waals surface area (Å²) in [6.07, 6.45) is 1.24. The fraction of sp³-hybridized carbons (Fsp3) is 0.286. The van der Waals surface area contributed by atoms with Crippen LogP contribution in [0.15, 0.2) is 16.4 Å². The highest BCUT2D eigenvalue weighted by molar-refractivity contribution is 7.99. The Bertz CT molecular complexity index is 635. The van der Waals surface area contributed by atoms with Crippen molar-refractivity contribution in [2.75, 3.05) is 0 Å². The van der Waals surface area contributed by atoms with Gasteiger partial charge >= 0.3 is 11.7 Å². The van der Waals surface area contributed by atoms with Crippen LogP contribution in [0.5, 0.6) is 0 Å². The number of hydrogen-bond acceptors (Lipinski definition) is 8. The second-order valence-corrected chi connectivity index (χ2v) is 4.32. The van der Waals surface area contributed by atoms with E-state index in [1.807, 2.05) is 0 Å². The third-order valence-electron chi connectivity index (χ3n) is 1.95. The molecule has 100 valence electrons. The number of aryl methyl sites for hydroxylation is 1. The predicted molar refractivity (Wildman–Crippen MR) is 59.4 cm³/mol. The van der Waals surface area contributed by atoms with Gasteiger partial charge in [-0.15, -0.1) is 5.10 Å². The molecular weight excluding hydrogens is 278 g/mol. The average Bonchev–Trinajstić information content (AvgIpc) is 2.86. The van der Waals surface area contributed by atoms with Crippen molar-refractivity contribution in [3.63, 3.8) is 0 Å². The zero-order valence-electron chi connectivity index (χ0n) is 9.50. The van der Waals surface area contributed by atoms with Crippen LogP contribution in [0.25, 0.3) is 0 Å². The van der Waals surface area contributed by atoms with Crippen LogP contribution >= 0.6 is 11.8 Å². The molecular formula is C7H7N7O4S. The maximum atomic E-state index is 10.8. The molecule has 0 amide bonds. The standard InChI is InChI=1S/C7H7N7O4S/c1-12-2-4(14(17)18)6(9-12)19-7-8-10-11-13(7)3-5(15)16/h2H,3H2,1H3,(H,15,16). The summed E-state index contributed by atoms with van der Waals surface area (Å²) in [5.41, 5.74) is -0.197. The number of aromatic nitrogens is 6. The molecule has 0 bridgehead atoms. The average molecular weight is 285 g/mol. The van der Waals surface area contributed by atoms with Gasteiger partial charge in [-0.05, 0) is 22.2 Å². The maximum Gasteiger partial charge on any atom is 0.325 e. The van der Waals surface area contributed by atoms with E-state index in [0.29, 0.717) is 0 Å². The predicted octanol–water partition coefficient (Wildman–Crippen LogP) is -0.449. The number of rotatable bonds is 5. The number of hydrogen-bond donors (Lipinski definition) is 1. The van der Waals surface area contributed by atoms with Gasteiger partial charge in [0.25, 0.3) is 0 Å². The molecule has 2 aromatic rings. The number of carbonyl (C=O) groups is 1. The number of nitro groups is 1. The summed E-state index contributed by atoms with van der Waals surface area (Å²) in [5, 5.41) is 34.0. The van der Waals surface area contributed by atoms with E-state index in [1.165, 1.54) is 17.9 Å². The number of carboxylic acids is 1. The lowest BCUT2D eigenvalue weighted by atomic mass is 10.6. The number of tetrazole rings is 1. The van der Waals surface area contributed by atoms with Crippen LogP contribution in [0, 0.1) is 10.1 Å². The van der Waals surface area contributed by atoms with Crippen LogP contribution in [-0.4, -0.2) is 46.0 Å². The first kappa shape index (κ1) is 12.9. The summed E-state index contributed by atoms with van der Waals surface area (Å²) in [4.78, 5) is 20.8. The lowest BCUT2D eigenvalue weighted by Crippen LogP contribution is -2.11. The van der Waals surface area contributed by atoms with Crippen LogP contribution in [0.4, 0.5) is 5.69 Å². The minimum Gasteiger partial charge on any atom is -0.480 e. The second-order valence-electron chi connectivity index (χ2n) is 3.37. The van der Waals surface area contributed by atoms with Gasteiger partial charge in [0.05, 0.1) is 4.92 Å². The molecule has 2 aromatic heterocycles. The summed E-state index contributed by atoms with van der Waals surface area (Å²) in [6.45, 7) is -0.435. The van der Waals surface area contributed by atoms with E-state index in [2.05, 4.69) is 20.6 Å². The van der Waals surface area contributed by atoms with Crippen molar-refractivity contribution < 1.29 is 14.8 Å². The summed E-state index contributed by atoms with van der Waals surface area (Å²) >= 11 is 0.829. The Morgan fingerprint density at radius 2 is 2.37 bits per heavy atom. The van der Waals surface area contributed by atoms with Crippen molar-refractivity contribution in [1.82, 2.24) is 30.0 Å². The van der Waals surface area contributed by atoms with E-state index < -0.39 is 17.4 Å². The first-order valence-corrected chi connectivity index (χ1v) is 5.63. The van der Waals surface area contributed by atoms with Crippen molar-refractivity contribution in [2.45, 2.75) is 16.7 Å². The highest BCUT2D eigenvalue weighted by Crippen LogP contribution is 2.31. The summed E-state index contributed by atoms with van der Waals surface area (Å²) < 4.78 is 2.30. The summed E-state index contributed by atoms with van der Waals surface area (Å²) in [5.74, 6) is -1.12. The van der Waals surface area contributed by atoms with E-state index in [1.54, 1.807) is 0 Å². The largest absolute Gasteiger partial charge is 0.480 e. The summed E-state index contributed by atoms with van der Waals surface area (Å²) in [7, 11) is 1.54. The molecule has 0 unspecified atom stereocenters. The fourth-order valence-corrected chi connectivity index (χ4v) is 2.09. The minimum absolute atomic E-state index is 0.0916. The lowest BCUT2D eigenvalue weighted by molar-refractivity contribution is -0.387. The molecule has 2 rings (SSSR count). The van der Waals surface area contributed by atoms with Gasteiger partial charge in [0.2, 0.25) is 10.2 Å². The second kappa shape index (κ2) is 5.01. The third-order valence-corrected chi connectivity index (χ3v) is 2.90. The fourth-order valence-electron chi connectivity index (χ4n) is 1.24. The lowest BCUT2D eigenvalue weighted by Gasteiger charge is -1.98. The molecule has 11 nitrogen and oxygen atoms in total. The van der Waals surface area contributed by atoms with Crippen molar-refractivity contribution in [3.8, 4) is 0 Å². The molecule has 0 saturated carbocycles. The van der Waals surface area contributed by atoms with E-state index in [-0.39, 0.29) is 15.9 Å². The van der Waals surface area contributed by atoms with Crippen LogP contribution in [0.1, 0.15) is 0 Å². The molecule has 12 heteroatoms. The van der Waals surface area contributed by atoms with E-state index in [0.717, 1.165) is 16.4 Å². The van der Waals surface area contributed by atoms with Gasteiger partial charge in [0.1, 0.15) is 12.7 Å². The summed E-state index contributed by atoms with van der Waals surface area (Å²) in [6, 6.07) is 0. The van der Waals surface area contributed by atoms with Gasteiger partial charge in [0.15, 0.2) is 0 Å². The maximum absolute atomic E-state index is 10.8. The van der Waals surface area contributed by atoms with Gasteiger partial charge in [-0.1, -0.05) is 0 Å². The Hall–Kier alpha value is -2.50. The minimum atomic E-state index is -1.12. The van der Waals surface area contributed by atoms with E-state index in [4.69, 9.17) is 5.11 Å². The first-order chi connectivity index (χ1) is 8.97. The SMILES string of the molecule is Cn1cc([N+](=O)[O-])c(Sc2nnnn2CC(=O)O)n1. The number of nitrogens with zero attached hydrogens (tertiary/aromatic N) is 7. The normalized spacial score (nSPS) is 10.6. The Kier molecular flexibility index (Phi) is 3.41.